The molecule has 1 unspecified atom stereocenters. The minimum Gasteiger partial charge on any atom is -0.469 e. The highest BCUT2D eigenvalue weighted by molar-refractivity contribution is 5.26. The van der Waals surface area contributed by atoms with Gasteiger partial charge in [0.05, 0.1) is 6.26 Å². The van der Waals surface area contributed by atoms with Gasteiger partial charge in [-0.05, 0) is 56.1 Å². The van der Waals surface area contributed by atoms with Crippen LogP contribution in [0.5, 0.6) is 0 Å². The van der Waals surface area contributed by atoms with Crippen molar-refractivity contribution in [3.05, 3.63) is 59.5 Å². The summed E-state index contributed by atoms with van der Waals surface area (Å²) in [6.07, 6.45) is 3.83. The first-order chi connectivity index (χ1) is 8.79. The molecule has 0 bridgehead atoms. The minimum atomic E-state index is 0.572. The molecule has 0 aliphatic rings. The zero-order chi connectivity index (χ0) is 12.8. The number of rotatable bonds is 6. The second-order valence-corrected chi connectivity index (χ2v) is 4.84. The lowest BCUT2D eigenvalue weighted by Crippen LogP contribution is -2.22. The number of furan rings is 1. The van der Waals surface area contributed by atoms with E-state index in [1.807, 2.05) is 13.1 Å². The Morgan fingerprint density at radius 1 is 1.11 bits per heavy atom. The largest absolute Gasteiger partial charge is 0.469 e. The van der Waals surface area contributed by atoms with Crippen LogP contribution in [-0.2, 0) is 12.8 Å². The highest BCUT2D eigenvalue weighted by Gasteiger charge is 2.12. The fourth-order valence-corrected chi connectivity index (χ4v) is 2.37. The molecule has 0 radical (unpaired) electrons. The Labute approximate surface area is 109 Å². The molecule has 0 saturated heterocycles. The van der Waals surface area contributed by atoms with Crippen molar-refractivity contribution in [2.45, 2.75) is 19.8 Å². The zero-order valence-corrected chi connectivity index (χ0v) is 11.1. The van der Waals surface area contributed by atoms with Gasteiger partial charge in [0.25, 0.3) is 0 Å². The molecule has 2 rings (SSSR count). The predicted molar refractivity (Wildman–Crippen MR) is 74.7 cm³/mol. The third-order valence-electron chi connectivity index (χ3n) is 3.33. The van der Waals surface area contributed by atoms with E-state index in [-0.39, 0.29) is 0 Å². The molecular weight excluding hydrogens is 222 g/mol. The van der Waals surface area contributed by atoms with Crippen molar-refractivity contribution < 1.29 is 4.42 Å². The van der Waals surface area contributed by atoms with E-state index in [1.165, 1.54) is 11.1 Å². The first kappa shape index (κ1) is 12.9. The van der Waals surface area contributed by atoms with Crippen LogP contribution in [0.4, 0.5) is 0 Å². The average Bonchev–Trinajstić information content (AvgIpc) is 2.85. The molecule has 1 atom stereocenters. The second-order valence-electron chi connectivity index (χ2n) is 4.84. The molecule has 2 heteroatoms. The lowest BCUT2D eigenvalue weighted by Gasteiger charge is -2.16. The maximum atomic E-state index is 5.45. The third kappa shape index (κ3) is 3.47. The Kier molecular flexibility index (Phi) is 4.59. The van der Waals surface area contributed by atoms with Crippen LogP contribution in [0.2, 0.25) is 0 Å². The fraction of sp³-hybridized carbons (Fsp3) is 0.375. The van der Waals surface area contributed by atoms with E-state index in [9.17, 15) is 0 Å². The topological polar surface area (TPSA) is 25.2 Å². The lowest BCUT2D eigenvalue weighted by molar-refractivity contribution is 0.424. The molecular formula is C16H21NO. The third-order valence-corrected chi connectivity index (χ3v) is 3.33. The van der Waals surface area contributed by atoms with Crippen LogP contribution in [0.15, 0.2) is 47.1 Å². The number of hydrogen-bond acceptors (Lipinski definition) is 2. The molecule has 0 saturated carbocycles. The van der Waals surface area contributed by atoms with Crippen LogP contribution in [-0.4, -0.2) is 13.6 Å². The molecule has 18 heavy (non-hydrogen) atoms. The Balaban J connectivity index is 2.04. The van der Waals surface area contributed by atoms with E-state index in [0.717, 1.165) is 25.1 Å². The summed E-state index contributed by atoms with van der Waals surface area (Å²) in [7, 11) is 2.01. The quantitative estimate of drug-likeness (QED) is 0.842. The Morgan fingerprint density at radius 3 is 2.61 bits per heavy atom. The number of aryl methyl sites for hydroxylation is 1. The van der Waals surface area contributed by atoms with Gasteiger partial charge in [0, 0.05) is 6.42 Å². The minimum absolute atomic E-state index is 0.572. The summed E-state index contributed by atoms with van der Waals surface area (Å²) in [6, 6.07) is 12.6. The molecule has 0 spiro atoms. The van der Waals surface area contributed by atoms with Gasteiger partial charge in [0.2, 0.25) is 0 Å². The van der Waals surface area contributed by atoms with Crippen molar-refractivity contribution in [2.24, 2.45) is 5.92 Å². The first-order valence-corrected chi connectivity index (χ1v) is 6.51. The van der Waals surface area contributed by atoms with Gasteiger partial charge in [-0.2, -0.15) is 0 Å². The fourth-order valence-electron chi connectivity index (χ4n) is 2.37. The lowest BCUT2D eigenvalue weighted by atomic mass is 9.93. The Morgan fingerprint density at radius 2 is 1.94 bits per heavy atom. The van der Waals surface area contributed by atoms with E-state index in [4.69, 9.17) is 4.42 Å². The maximum Gasteiger partial charge on any atom is 0.104 e. The van der Waals surface area contributed by atoms with Crippen LogP contribution in [0.25, 0.3) is 0 Å². The normalized spacial score (nSPS) is 12.6. The summed E-state index contributed by atoms with van der Waals surface area (Å²) in [4.78, 5) is 0. The molecule has 1 aromatic carbocycles. The molecule has 2 nitrogen and oxygen atoms in total. The highest BCUT2D eigenvalue weighted by Crippen LogP contribution is 2.17. The smallest absolute Gasteiger partial charge is 0.104 e. The van der Waals surface area contributed by atoms with Crippen molar-refractivity contribution in [3.63, 3.8) is 0 Å². The van der Waals surface area contributed by atoms with E-state index in [1.54, 1.807) is 6.26 Å². The molecule has 1 aromatic heterocycles. The summed E-state index contributed by atoms with van der Waals surface area (Å²) in [6.45, 7) is 3.19. The van der Waals surface area contributed by atoms with Crippen LogP contribution in [0, 0.1) is 12.8 Å². The molecule has 2 aromatic rings. The standard InChI is InChI=1S/C16H21NO/c1-13-6-3-4-7-15(13)10-14(12-17-2)11-16-8-5-9-18-16/h3-9,14,17H,10-12H2,1-2H3. The van der Waals surface area contributed by atoms with Gasteiger partial charge < -0.3 is 9.73 Å². The Bertz CT molecular complexity index is 462. The number of nitrogens with one attached hydrogen (secondary N) is 1. The monoisotopic (exact) mass is 243 g/mol. The summed E-state index contributed by atoms with van der Waals surface area (Å²) in [5, 5.41) is 3.28. The Hall–Kier alpha value is -1.54. The van der Waals surface area contributed by atoms with E-state index in [0.29, 0.717) is 5.92 Å². The van der Waals surface area contributed by atoms with Crippen LogP contribution < -0.4 is 5.32 Å². The van der Waals surface area contributed by atoms with E-state index < -0.39 is 0 Å². The SMILES string of the molecule is CNCC(Cc1ccco1)Cc1ccccc1C. The van der Waals surface area contributed by atoms with E-state index >= 15 is 0 Å². The molecule has 1 heterocycles. The summed E-state index contributed by atoms with van der Waals surface area (Å²) < 4.78 is 5.45. The van der Waals surface area contributed by atoms with Crippen molar-refractivity contribution in [2.75, 3.05) is 13.6 Å². The van der Waals surface area contributed by atoms with Gasteiger partial charge in [-0.15, -0.1) is 0 Å². The van der Waals surface area contributed by atoms with Crippen LogP contribution >= 0.6 is 0 Å². The highest BCUT2D eigenvalue weighted by atomic mass is 16.3. The summed E-state index contributed by atoms with van der Waals surface area (Å²) in [5.41, 5.74) is 2.81. The number of hydrogen-bond donors (Lipinski definition) is 1. The van der Waals surface area contributed by atoms with E-state index in [2.05, 4.69) is 42.6 Å². The van der Waals surface area contributed by atoms with Crippen molar-refractivity contribution in [1.29, 1.82) is 0 Å². The molecule has 1 N–H and O–H groups in total. The molecule has 0 fully saturated rings. The van der Waals surface area contributed by atoms with Gasteiger partial charge in [-0.1, -0.05) is 24.3 Å². The number of benzene rings is 1. The maximum absolute atomic E-state index is 5.45. The van der Waals surface area contributed by atoms with Crippen molar-refractivity contribution in [3.8, 4) is 0 Å². The van der Waals surface area contributed by atoms with Gasteiger partial charge in [-0.3, -0.25) is 0 Å². The average molecular weight is 243 g/mol. The zero-order valence-electron chi connectivity index (χ0n) is 11.1. The van der Waals surface area contributed by atoms with Gasteiger partial charge in [-0.25, -0.2) is 0 Å². The van der Waals surface area contributed by atoms with Gasteiger partial charge in [0.15, 0.2) is 0 Å². The second kappa shape index (κ2) is 6.41. The van der Waals surface area contributed by atoms with Gasteiger partial charge in [0.1, 0.15) is 5.76 Å². The molecule has 0 amide bonds. The summed E-state index contributed by atoms with van der Waals surface area (Å²) >= 11 is 0. The van der Waals surface area contributed by atoms with Crippen LogP contribution in [0.1, 0.15) is 16.9 Å². The van der Waals surface area contributed by atoms with Crippen molar-refractivity contribution >= 4 is 0 Å². The predicted octanol–water partition coefficient (Wildman–Crippen LogP) is 3.21. The van der Waals surface area contributed by atoms with Crippen molar-refractivity contribution in [1.82, 2.24) is 5.32 Å². The van der Waals surface area contributed by atoms with Crippen LogP contribution in [0.3, 0.4) is 0 Å². The molecule has 0 aliphatic carbocycles. The van der Waals surface area contributed by atoms with Gasteiger partial charge >= 0.3 is 0 Å². The molecule has 96 valence electrons. The first-order valence-electron chi connectivity index (χ1n) is 6.51. The molecule has 0 aliphatic heterocycles. The summed E-state index contributed by atoms with van der Waals surface area (Å²) in [5.74, 6) is 1.64.